The highest BCUT2D eigenvalue weighted by Crippen LogP contribution is 2.34. The number of anilines is 1. The van der Waals surface area contributed by atoms with E-state index in [4.69, 9.17) is 0 Å². The minimum Gasteiger partial charge on any atom is -0.406 e. The number of nitrogens with one attached hydrogen (secondary N) is 1. The monoisotopic (exact) mass is 626 g/mol. The number of para-hydroxylation sites is 1. The molecule has 1 aromatic heterocycles. The Kier molecular flexibility index (Phi) is 9.23. The summed E-state index contributed by atoms with van der Waals surface area (Å²) in [6.07, 6.45) is -3.87. The fourth-order valence-electron chi connectivity index (χ4n) is 4.88. The molecule has 1 N–H and O–H groups in total. The Morgan fingerprint density at radius 2 is 1.77 bits per heavy atom. The molecule has 1 fully saturated rings. The number of amides is 2. The van der Waals surface area contributed by atoms with E-state index in [1.165, 1.54) is 47.0 Å². The highest BCUT2D eigenvalue weighted by Gasteiger charge is 2.31. The van der Waals surface area contributed by atoms with Crippen molar-refractivity contribution in [3.05, 3.63) is 89.7 Å². The van der Waals surface area contributed by atoms with Gasteiger partial charge >= 0.3 is 12.4 Å². The molecular formula is C31H30F4N6O2S. The van der Waals surface area contributed by atoms with E-state index >= 15 is 4.39 Å². The highest BCUT2D eigenvalue weighted by molar-refractivity contribution is 8.14. The van der Waals surface area contributed by atoms with Gasteiger partial charge in [0.1, 0.15) is 18.2 Å². The Labute approximate surface area is 256 Å². The number of nitrogens with zero attached hydrogens (tertiary/aromatic N) is 5. The number of aromatic nitrogens is 3. The Balaban J connectivity index is 1.20. The second-order valence-electron chi connectivity index (χ2n) is 10.3. The largest absolute Gasteiger partial charge is 0.573 e. The maximum Gasteiger partial charge on any atom is 0.573 e. The molecule has 0 aliphatic carbocycles. The standard InChI is InChI=1S/C31H30F4N6O2S/c1-19-5-4-6-20(2)27(19)41-21(3)15-16-44-30(41)38-29(42)36-17-26(32)22-7-9-23(10-8-22)28-37-18-40(39-28)24-11-13-25(14-12-24)43-31(33,34)35/h4-14,18,21,26H,15-17H2,1-3H3,(H,36,42)/b38-30-. The molecule has 8 nitrogen and oxygen atoms in total. The molecule has 2 amide bonds. The van der Waals surface area contributed by atoms with E-state index in [0.717, 1.165) is 29.0 Å². The van der Waals surface area contributed by atoms with E-state index in [0.29, 0.717) is 27.8 Å². The van der Waals surface area contributed by atoms with Gasteiger partial charge in [-0.05, 0) is 68.1 Å². The molecule has 13 heteroatoms. The molecule has 4 aromatic rings. The molecule has 1 aliphatic rings. The van der Waals surface area contributed by atoms with Crippen LogP contribution in [0.2, 0.25) is 0 Å². The molecule has 2 heterocycles. The number of aryl methyl sites for hydroxylation is 2. The van der Waals surface area contributed by atoms with Crippen LogP contribution in [0.1, 0.15) is 36.2 Å². The van der Waals surface area contributed by atoms with Gasteiger partial charge in [0.15, 0.2) is 11.0 Å². The smallest absolute Gasteiger partial charge is 0.406 e. The van der Waals surface area contributed by atoms with Gasteiger partial charge in [-0.25, -0.2) is 18.9 Å². The van der Waals surface area contributed by atoms with Gasteiger partial charge in [-0.2, -0.15) is 4.99 Å². The predicted octanol–water partition coefficient (Wildman–Crippen LogP) is 7.56. The molecule has 44 heavy (non-hydrogen) atoms. The number of hydrogen-bond acceptors (Lipinski definition) is 5. The molecule has 0 spiro atoms. The number of amidine groups is 1. The van der Waals surface area contributed by atoms with Crippen molar-refractivity contribution < 1.29 is 27.1 Å². The zero-order valence-corrected chi connectivity index (χ0v) is 25.0. The summed E-state index contributed by atoms with van der Waals surface area (Å²) in [6, 6.07) is 17.3. The van der Waals surface area contributed by atoms with Crippen LogP contribution in [0.25, 0.3) is 17.1 Å². The molecule has 230 valence electrons. The number of hydrogen-bond donors (Lipinski definition) is 1. The number of carbonyl (C=O) groups is 1. The molecule has 1 aliphatic heterocycles. The minimum absolute atomic E-state index is 0.161. The molecule has 1 saturated heterocycles. The van der Waals surface area contributed by atoms with Gasteiger partial charge in [-0.15, -0.1) is 18.3 Å². The Hall–Kier alpha value is -4.39. The molecule has 2 unspecified atom stereocenters. The summed E-state index contributed by atoms with van der Waals surface area (Å²) in [5.41, 5.74) is 4.68. The average Bonchev–Trinajstić information content (AvgIpc) is 3.47. The van der Waals surface area contributed by atoms with Gasteiger partial charge in [0.2, 0.25) is 0 Å². The van der Waals surface area contributed by atoms with Crippen molar-refractivity contribution in [2.75, 3.05) is 17.2 Å². The Bertz CT molecular complexity index is 1620. The van der Waals surface area contributed by atoms with Crippen LogP contribution in [0, 0.1) is 13.8 Å². The summed E-state index contributed by atoms with van der Waals surface area (Å²) in [7, 11) is 0. The SMILES string of the molecule is Cc1cccc(C)c1N1/C(=N/C(=O)NCC(F)c2ccc(-c3ncn(-c4ccc(OC(F)(F)F)cc4)n3)cc2)SCCC1C. The van der Waals surface area contributed by atoms with Crippen LogP contribution in [-0.4, -0.2) is 50.7 Å². The lowest BCUT2D eigenvalue weighted by Gasteiger charge is -2.37. The number of rotatable bonds is 7. The average molecular weight is 627 g/mol. The minimum atomic E-state index is -4.78. The van der Waals surface area contributed by atoms with E-state index in [-0.39, 0.29) is 18.3 Å². The second kappa shape index (κ2) is 13.1. The van der Waals surface area contributed by atoms with E-state index in [2.05, 4.69) is 37.0 Å². The topological polar surface area (TPSA) is 84.6 Å². The van der Waals surface area contributed by atoms with Crippen LogP contribution in [0.3, 0.4) is 0 Å². The summed E-state index contributed by atoms with van der Waals surface area (Å²) in [4.78, 5) is 23.4. The van der Waals surface area contributed by atoms with Crippen LogP contribution in [0.4, 0.5) is 28.0 Å². The molecular weight excluding hydrogens is 596 g/mol. The normalized spacial score (nSPS) is 17.0. The fraction of sp³-hybridized carbons (Fsp3) is 0.290. The molecule has 0 saturated carbocycles. The van der Waals surface area contributed by atoms with Crippen molar-refractivity contribution in [3.8, 4) is 22.8 Å². The second-order valence-corrected chi connectivity index (χ2v) is 11.4. The first-order valence-corrected chi connectivity index (χ1v) is 14.8. The molecule has 5 rings (SSSR count). The number of urea groups is 1. The third-order valence-corrected chi connectivity index (χ3v) is 8.07. The lowest BCUT2D eigenvalue weighted by Crippen LogP contribution is -2.43. The Morgan fingerprint density at radius 3 is 2.43 bits per heavy atom. The zero-order valence-electron chi connectivity index (χ0n) is 24.2. The van der Waals surface area contributed by atoms with Crippen LogP contribution < -0.4 is 15.0 Å². The predicted molar refractivity (Wildman–Crippen MR) is 163 cm³/mol. The van der Waals surface area contributed by atoms with Crippen LogP contribution in [0.5, 0.6) is 5.75 Å². The maximum absolute atomic E-state index is 15.1. The summed E-state index contributed by atoms with van der Waals surface area (Å²) >= 11 is 1.51. The third-order valence-electron chi connectivity index (χ3n) is 7.08. The van der Waals surface area contributed by atoms with Gasteiger partial charge < -0.3 is 15.0 Å². The number of halogens is 4. The van der Waals surface area contributed by atoms with E-state index in [9.17, 15) is 18.0 Å². The number of alkyl halides is 4. The van der Waals surface area contributed by atoms with Gasteiger partial charge in [0.05, 0.1) is 12.2 Å². The number of thioether (sulfide) groups is 1. The fourth-order valence-corrected chi connectivity index (χ4v) is 6.08. The van der Waals surface area contributed by atoms with Gasteiger partial charge in [-0.1, -0.05) is 54.2 Å². The number of ether oxygens (including phenoxy) is 1. The summed E-state index contributed by atoms with van der Waals surface area (Å²) in [6.45, 7) is 5.92. The van der Waals surface area contributed by atoms with E-state index in [1.54, 1.807) is 24.3 Å². The molecule has 2 atom stereocenters. The van der Waals surface area contributed by atoms with Crippen LogP contribution in [0.15, 0.2) is 78.0 Å². The quantitative estimate of drug-likeness (QED) is 0.213. The summed E-state index contributed by atoms with van der Waals surface area (Å²) < 4.78 is 57.6. The van der Waals surface area contributed by atoms with Crippen molar-refractivity contribution in [1.82, 2.24) is 20.1 Å². The maximum atomic E-state index is 15.1. The number of aliphatic imine (C=N–C) groups is 1. The summed E-state index contributed by atoms with van der Waals surface area (Å²) in [5.74, 6) is 0.839. The first-order valence-electron chi connectivity index (χ1n) is 13.9. The Morgan fingerprint density at radius 1 is 1.09 bits per heavy atom. The first kappa shape index (κ1) is 31.0. The van der Waals surface area contributed by atoms with E-state index < -0.39 is 18.6 Å². The van der Waals surface area contributed by atoms with Crippen molar-refractivity contribution in [1.29, 1.82) is 0 Å². The van der Waals surface area contributed by atoms with Crippen molar-refractivity contribution in [2.24, 2.45) is 4.99 Å². The van der Waals surface area contributed by atoms with Gasteiger partial charge in [0, 0.05) is 23.0 Å². The first-order chi connectivity index (χ1) is 21.0. The van der Waals surface area contributed by atoms with Gasteiger partial charge in [-0.3, -0.25) is 0 Å². The highest BCUT2D eigenvalue weighted by atomic mass is 32.2. The van der Waals surface area contributed by atoms with Crippen molar-refractivity contribution >= 4 is 28.6 Å². The number of carbonyl (C=O) groups excluding carboxylic acids is 1. The van der Waals surface area contributed by atoms with Crippen molar-refractivity contribution in [3.63, 3.8) is 0 Å². The molecule has 0 radical (unpaired) electrons. The summed E-state index contributed by atoms with van der Waals surface area (Å²) in [5, 5.41) is 7.54. The zero-order chi connectivity index (χ0) is 31.4. The molecule has 0 bridgehead atoms. The third kappa shape index (κ3) is 7.39. The number of benzene rings is 3. The molecule has 3 aromatic carbocycles. The van der Waals surface area contributed by atoms with Crippen LogP contribution in [-0.2, 0) is 0 Å². The lowest BCUT2D eigenvalue weighted by molar-refractivity contribution is -0.274. The van der Waals surface area contributed by atoms with Gasteiger partial charge in [0.25, 0.3) is 0 Å². The van der Waals surface area contributed by atoms with Crippen LogP contribution >= 0.6 is 11.8 Å². The van der Waals surface area contributed by atoms with Crippen molar-refractivity contribution in [2.45, 2.75) is 45.8 Å². The van der Waals surface area contributed by atoms with E-state index in [1.807, 2.05) is 32.0 Å². The lowest BCUT2D eigenvalue weighted by atomic mass is 10.1.